The average molecular weight is 281 g/mol. The predicted molar refractivity (Wildman–Crippen MR) is 71.6 cm³/mol. The van der Waals surface area contributed by atoms with Gasteiger partial charge in [0.15, 0.2) is 5.03 Å². The Kier molecular flexibility index (Phi) is 3.75. The molecule has 0 fully saturated rings. The third-order valence-electron chi connectivity index (χ3n) is 2.24. The van der Waals surface area contributed by atoms with Gasteiger partial charge in [-0.1, -0.05) is 0 Å². The number of nitrogens with one attached hydrogen (secondary N) is 2. The molecule has 2 N–H and O–H groups in total. The molecule has 19 heavy (non-hydrogen) atoms. The number of rotatable bonds is 5. The highest BCUT2D eigenvalue weighted by Crippen LogP contribution is 2.19. The van der Waals surface area contributed by atoms with E-state index in [-0.39, 0.29) is 11.1 Å². The second kappa shape index (κ2) is 5.31. The maximum Gasteiger partial charge on any atom is 0.278 e. The third-order valence-corrected chi connectivity index (χ3v) is 3.55. The molecule has 7 heteroatoms. The van der Waals surface area contributed by atoms with Crippen LogP contribution in [0.2, 0.25) is 0 Å². The molecule has 0 unspecified atom stereocenters. The molecule has 0 spiro atoms. The van der Waals surface area contributed by atoms with Crippen LogP contribution in [-0.4, -0.2) is 24.7 Å². The molecule has 0 saturated carbocycles. The zero-order valence-corrected chi connectivity index (χ0v) is 11.4. The molecule has 0 radical (unpaired) electrons. The molecular weight excluding hydrogens is 266 g/mol. The number of sulfonamides is 1. The van der Waals surface area contributed by atoms with Crippen molar-refractivity contribution < 1.29 is 13.2 Å². The van der Waals surface area contributed by atoms with Crippen LogP contribution in [0.25, 0.3) is 0 Å². The number of hydrogen-bond acceptors (Lipinski definition) is 4. The smallest absolute Gasteiger partial charge is 0.278 e. The maximum absolute atomic E-state index is 11.9. The Hall–Kier alpha value is -2.02. The Morgan fingerprint density at radius 1 is 1.21 bits per heavy atom. The van der Waals surface area contributed by atoms with E-state index >= 15 is 0 Å². The SMILES string of the molecule is CC(C)Oc1ccc(NS(=O)(=O)c2ccn[nH]2)cc1. The van der Waals surface area contributed by atoms with Crippen molar-refractivity contribution in [2.75, 3.05) is 4.72 Å². The maximum atomic E-state index is 11.9. The molecule has 2 rings (SSSR count). The van der Waals surface area contributed by atoms with Gasteiger partial charge in [0.25, 0.3) is 10.0 Å². The van der Waals surface area contributed by atoms with Crippen molar-refractivity contribution in [3.05, 3.63) is 36.5 Å². The number of nitrogens with zero attached hydrogens (tertiary/aromatic N) is 1. The first-order valence-corrected chi connectivity index (χ1v) is 7.24. The number of hydrogen-bond donors (Lipinski definition) is 2. The fourth-order valence-corrected chi connectivity index (χ4v) is 2.45. The summed E-state index contributed by atoms with van der Waals surface area (Å²) in [4.78, 5) is 0. The van der Waals surface area contributed by atoms with Crippen molar-refractivity contribution in [1.82, 2.24) is 10.2 Å². The summed E-state index contributed by atoms with van der Waals surface area (Å²) >= 11 is 0. The third kappa shape index (κ3) is 3.47. The first-order chi connectivity index (χ1) is 8.97. The molecule has 6 nitrogen and oxygen atoms in total. The summed E-state index contributed by atoms with van der Waals surface area (Å²) < 4.78 is 31.7. The Morgan fingerprint density at radius 2 is 1.89 bits per heavy atom. The number of anilines is 1. The van der Waals surface area contributed by atoms with E-state index in [2.05, 4.69) is 14.9 Å². The monoisotopic (exact) mass is 281 g/mol. The second-order valence-corrected chi connectivity index (χ2v) is 5.87. The van der Waals surface area contributed by atoms with Crippen LogP contribution in [0, 0.1) is 0 Å². The standard InChI is InChI=1S/C12H15N3O3S/c1-9(2)18-11-5-3-10(4-6-11)15-19(16,17)12-7-8-13-14-12/h3-9,15H,1-2H3,(H,13,14). The van der Waals surface area contributed by atoms with E-state index in [1.54, 1.807) is 24.3 Å². The van der Waals surface area contributed by atoms with Crippen molar-refractivity contribution in [2.45, 2.75) is 25.0 Å². The summed E-state index contributed by atoms with van der Waals surface area (Å²) in [6.07, 6.45) is 1.46. The minimum atomic E-state index is -3.61. The van der Waals surface area contributed by atoms with Crippen LogP contribution in [0.4, 0.5) is 5.69 Å². The zero-order valence-electron chi connectivity index (χ0n) is 10.6. The fraction of sp³-hybridized carbons (Fsp3) is 0.250. The van der Waals surface area contributed by atoms with Crippen LogP contribution < -0.4 is 9.46 Å². The van der Waals surface area contributed by atoms with E-state index in [0.29, 0.717) is 11.4 Å². The lowest BCUT2D eigenvalue weighted by Crippen LogP contribution is -2.13. The van der Waals surface area contributed by atoms with Gasteiger partial charge in [0.2, 0.25) is 0 Å². The summed E-state index contributed by atoms with van der Waals surface area (Å²) in [7, 11) is -3.61. The summed E-state index contributed by atoms with van der Waals surface area (Å²) in [6.45, 7) is 3.85. The summed E-state index contributed by atoms with van der Waals surface area (Å²) in [5.41, 5.74) is 0.464. The van der Waals surface area contributed by atoms with E-state index in [4.69, 9.17) is 4.74 Å². The zero-order chi connectivity index (χ0) is 13.9. The molecule has 1 aromatic heterocycles. The van der Waals surface area contributed by atoms with E-state index in [9.17, 15) is 8.42 Å². The molecule has 2 aromatic rings. The van der Waals surface area contributed by atoms with Gasteiger partial charge in [0, 0.05) is 5.69 Å². The highest BCUT2D eigenvalue weighted by atomic mass is 32.2. The average Bonchev–Trinajstić information content (AvgIpc) is 2.85. The van der Waals surface area contributed by atoms with E-state index in [1.807, 2.05) is 13.8 Å². The molecule has 0 aliphatic heterocycles. The number of aromatic nitrogens is 2. The van der Waals surface area contributed by atoms with Crippen molar-refractivity contribution in [3.8, 4) is 5.75 Å². The van der Waals surface area contributed by atoms with Crippen molar-refractivity contribution in [1.29, 1.82) is 0 Å². The lowest BCUT2D eigenvalue weighted by molar-refractivity contribution is 0.242. The minimum Gasteiger partial charge on any atom is -0.491 e. The van der Waals surface area contributed by atoms with E-state index in [1.165, 1.54) is 12.3 Å². The molecule has 1 aromatic carbocycles. The molecular formula is C12H15N3O3S. The Labute approximate surface area is 111 Å². The number of ether oxygens (including phenoxy) is 1. The first kappa shape index (κ1) is 13.4. The summed E-state index contributed by atoms with van der Waals surface area (Å²) in [6, 6.07) is 8.10. The molecule has 0 aliphatic rings. The Morgan fingerprint density at radius 3 is 2.42 bits per heavy atom. The number of aromatic amines is 1. The molecule has 1 heterocycles. The molecule has 0 atom stereocenters. The van der Waals surface area contributed by atoms with Crippen molar-refractivity contribution in [3.63, 3.8) is 0 Å². The van der Waals surface area contributed by atoms with Gasteiger partial charge in [-0.05, 0) is 44.2 Å². The normalized spacial score (nSPS) is 11.5. The Balaban J connectivity index is 2.12. The van der Waals surface area contributed by atoms with Crippen LogP contribution in [0.3, 0.4) is 0 Å². The van der Waals surface area contributed by atoms with E-state index in [0.717, 1.165) is 0 Å². The molecule has 0 bridgehead atoms. The van der Waals surface area contributed by atoms with Gasteiger partial charge < -0.3 is 4.74 Å². The Bertz CT molecular complexity index is 619. The van der Waals surface area contributed by atoms with Gasteiger partial charge >= 0.3 is 0 Å². The van der Waals surface area contributed by atoms with Gasteiger partial charge in [-0.2, -0.15) is 13.5 Å². The first-order valence-electron chi connectivity index (χ1n) is 5.76. The van der Waals surface area contributed by atoms with Crippen molar-refractivity contribution >= 4 is 15.7 Å². The van der Waals surface area contributed by atoms with Gasteiger partial charge in [0.05, 0.1) is 12.3 Å². The quantitative estimate of drug-likeness (QED) is 0.878. The molecule has 0 aliphatic carbocycles. The molecule has 0 amide bonds. The van der Waals surface area contributed by atoms with Gasteiger partial charge in [0.1, 0.15) is 5.75 Å². The molecule has 0 saturated heterocycles. The lowest BCUT2D eigenvalue weighted by Gasteiger charge is -2.10. The number of benzene rings is 1. The van der Waals surface area contributed by atoms with Crippen LogP contribution in [0.15, 0.2) is 41.6 Å². The van der Waals surface area contributed by atoms with Gasteiger partial charge in [-0.15, -0.1) is 0 Å². The molecule has 102 valence electrons. The number of H-pyrrole nitrogens is 1. The largest absolute Gasteiger partial charge is 0.491 e. The highest BCUT2D eigenvalue weighted by molar-refractivity contribution is 7.92. The minimum absolute atomic E-state index is 0.0232. The van der Waals surface area contributed by atoms with Gasteiger partial charge in [-0.3, -0.25) is 9.82 Å². The van der Waals surface area contributed by atoms with Crippen LogP contribution in [-0.2, 0) is 10.0 Å². The van der Waals surface area contributed by atoms with Crippen molar-refractivity contribution in [2.24, 2.45) is 0 Å². The van der Waals surface area contributed by atoms with Crippen LogP contribution >= 0.6 is 0 Å². The fourth-order valence-electron chi connectivity index (χ4n) is 1.48. The topological polar surface area (TPSA) is 84.1 Å². The van der Waals surface area contributed by atoms with Crippen LogP contribution in [0.5, 0.6) is 5.75 Å². The second-order valence-electron chi connectivity index (χ2n) is 4.22. The van der Waals surface area contributed by atoms with E-state index < -0.39 is 10.0 Å². The highest BCUT2D eigenvalue weighted by Gasteiger charge is 2.15. The van der Waals surface area contributed by atoms with Crippen LogP contribution in [0.1, 0.15) is 13.8 Å². The summed E-state index contributed by atoms with van der Waals surface area (Å²) in [5.74, 6) is 0.694. The lowest BCUT2D eigenvalue weighted by atomic mass is 10.3. The predicted octanol–water partition coefficient (Wildman–Crippen LogP) is 2.00. The summed E-state index contributed by atoms with van der Waals surface area (Å²) in [5, 5.41) is 6.05. The van der Waals surface area contributed by atoms with Gasteiger partial charge in [-0.25, -0.2) is 0 Å².